The van der Waals surface area contributed by atoms with Gasteiger partial charge in [0.1, 0.15) is 6.17 Å². The Morgan fingerprint density at radius 2 is 1.86 bits per heavy atom. The van der Waals surface area contributed by atoms with Gasteiger partial charge < -0.3 is 4.90 Å². The molecule has 22 heavy (non-hydrogen) atoms. The monoisotopic (exact) mass is 302 g/mol. The molecule has 1 aromatic carbocycles. The van der Waals surface area contributed by atoms with Crippen molar-refractivity contribution in [3.05, 3.63) is 47.7 Å². The first-order valence-electron chi connectivity index (χ1n) is 8.51. The van der Waals surface area contributed by atoms with Gasteiger partial charge in [-0.3, -0.25) is 4.90 Å². The predicted molar refractivity (Wildman–Crippen MR) is 89.5 cm³/mol. The molecule has 2 nitrogen and oxygen atoms in total. The third-order valence-electron chi connectivity index (χ3n) is 5.03. The van der Waals surface area contributed by atoms with E-state index in [-0.39, 0.29) is 0 Å². The molecule has 0 spiro atoms. The Bertz CT molecular complexity index is 511. The van der Waals surface area contributed by atoms with Crippen LogP contribution in [0.1, 0.15) is 36.8 Å². The van der Waals surface area contributed by atoms with Gasteiger partial charge in [-0.25, -0.2) is 4.39 Å². The summed E-state index contributed by atoms with van der Waals surface area (Å²) in [5.41, 5.74) is 3.80. The lowest BCUT2D eigenvalue weighted by Gasteiger charge is -2.44. The molecule has 2 aliphatic heterocycles. The minimum absolute atomic E-state index is 0.331. The molecule has 0 bridgehead atoms. The summed E-state index contributed by atoms with van der Waals surface area (Å²) in [6.45, 7) is 10.1. The van der Waals surface area contributed by atoms with E-state index < -0.39 is 6.17 Å². The van der Waals surface area contributed by atoms with Crippen molar-refractivity contribution >= 4 is 0 Å². The van der Waals surface area contributed by atoms with Crippen LogP contribution in [0, 0.1) is 6.92 Å². The van der Waals surface area contributed by atoms with Crippen molar-refractivity contribution in [1.82, 2.24) is 9.80 Å². The molecule has 1 unspecified atom stereocenters. The molecule has 0 aliphatic carbocycles. The summed E-state index contributed by atoms with van der Waals surface area (Å²) in [5, 5.41) is 0. The average molecular weight is 302 g/mol. The first kappa shape index (κ1) is 15.5. The lowest BCUT2D eigenvalue weighted by Crippen LogP contribution is -2.49. The number of likely N-dealkylation sites (tertiary alicyclic amines) is 2. The predicted octanol–water partition coefficient (Wildman–Crippen LogP) is 3.91. The molecule has 0 aromatic heterocycles. The molecule has 0 radical (unpaired) electrons. The molecule has 2 fully saturated rings. The van der Waals surface area contributed by atoms with Gasteiger partial charge in [0.05, 0.1) is 0 Å². The number of benzene rings is 1. The van der Waals surface area contributed by atoms with Crippen molar-refractivity contribution in [2.24, 2.45) is 0 Å². The Labute approximate surface area is 133 Å². The fourth-order valence-electron chi connectivity index (χ4n) is 3.72. The van der Waals surface area contributed by atoms with Crippen molar-refractivity contribution in [1.29, 1.82) is 0 Å². The van der Waals surface area contributed by atoms with Gasteiger partial charge in [-0.1, -0.05) is 36.4 Å². The minimum atomic E-state index is -0.658. The maximum atomic E-state index is 13.7. The molecule has 3 heteroatoms. The molecule has 2 atom stereocenters. The maximum absolute atomic E-state index is 13.7. The van der Waals surface area contributed by atoms with Crippen LogP contribution in [0.5, 0.6) is 0 Å². The van der Waals surface area contributed by atoms with Crippen LogP contribution in [0.2, 0.25) is 0 Å². The number of halogens is 1. The molecule has 1 aromatic rings. The average Bonchev–Trinajstić information content (AvgIpc) is 2.51. The van der Waals surface area contributed by atoms with Gasteiger partial charge in [0.15, 0.2) is 0 Å². The van der Waals surface area contributed by atoms with Crippen molar-refractivity contribution in [2.75, 3.05) is 19.6 Å². The first-order valence-corrected chi connectivity index (χ1v) is 8.51. The number of aryl methyl sites for hydroxylation is 1. The van der Waals surface area contributed by atoms with Gasteiger partial charge in [0.2, 0.25) is 0 Å². The van der Waals surface area contributed by atoms with E-state index in [0.29, 0.717) is 12.6 Å². The van der Waals surface area contributed by atoms with Gasteiger partial charge in [0, 0.05) is 31.4 Å². The molecule has 2 heterocycles. The molecule has 3 rings (SSSR count). The highest BCUT2D eigenvalue weighted by Gasteiger charge is 2.31. The van der Waals surface area contributed by atoms with Crippen LogP contribution in [0.25, 0.3) is 0 Å². The van der Waals surface area contributed by atoms with Crippen molar-refractivity contribution in [2.45, 2.75) is 51.4 Å². The summed E-state index contributed by atoms with van der Waals surface area (Å²) < 4.78 is 13.7. The molecule has 0 N–H and O–H groups in total. The highest BCUT2D eigenvalue weighted by Crippen LogP contribution is 2.28. The number of alkyl halides is 1. The van der Waals surface area contributed by atoms with E-state index in [1.807, 2.05) is 0 Å². The number of nitrogens with zero attached hydrogens (tertiary/aromatic N) is 2. The quantitative estimate of drug-likeness (QED) is 0.835. The lowest BCUT2D eigenvalue weighted by molar-refractivity contribution is 0.0783. The number of hydrogen-bond acceptors (Lipinski definition) is 2. The molecular weight excluding hydrogens is 275 g/mol. The second-order valence-corrected chi connectivity index (χ2v) is 6.79. The second kappa shape index (κ2) is 6.82. The topological polar surface area (TPSA) is 6.48 Å². The molecular formula is C19H27FN2. The van der Waals surface area contributed by atoms with Gasteiger partial charge in [-0.15, -0.1) is 0 Å². The van der Waals surface area contributed by atoms with E-state index in [1.165, 1.54) is 23.2 Å². The Morgan fingerprint density at radius 3 is 2.59 bits per heavy atom. The summed E-state index contributed by atoms with van der Waals surface area (Å²) in [5.74, 6) is 0. The van der Waals surface area contributed by atoms with Gasteiger partial charge in [-0.05, 0) is 44.7 Å². The zero-order chi connectivity index (χ0) is 15.5. The van der Waals surface area contributed by atoms with Crippen LogP contribution < -0.4 is 0 Å². The normalized spacial score (nSPS) is 27.2. The number of piperidine rings is 2. The fraction of sp³-hybridized carbons (Fsp3) is 0.579. The zero-order valence-corrected chi connectivity index (χ0v) is 13.6. The van der Waals surface area contributed by atoms with Gasteiger partial charge in [0.25, 0.3) is 0 Å². The van der Waals surface area contributed by atoms with Crippen molar-refractivity contribution < 1.29 is 4.39 Å². The van der Waals surface area contributed by atoms with E-state index in [0.717, 1.165) is 38.9 Å². The standard InChI is InChI=1S/C19H27FN2/c1-15-7-9-17(10-8-15)13-21-11-4-6-19(16(21)2)22-12-3-5-18(20)14-22/h7-10,18-19H,2-6,11-14H2,1H3/t18-,19?/m1/s1. The minimum Gasteiger partial charge on any atom is -0.370 e. The Kier molecular flexibility index (Phi) is 4.82. The Hall–Kier alpha value is -1.35. The van der Waals surface area contributed by atoms with E-state index >= 15 is 0 Å². The summed E-state index contributed by atoms with van der Waals surface area (Å²) >= 11 is 0. The van der Waals surface area contributed by atoms with Gasteiger partial charge >= 0.3 is 0 Å². The van der Waals surface area contributed by atoms with E-state index in [2.05, 4.69) is 47.6 Å². The third kappa shape index (κ3) is 3.52. The van der Waals surface area contributed by atoms with Crippen molar-refractivity contribution in [3.63, 3.8) is 0 Å². The molecule has 2 saturated heterocycles. The smallest absolute Gasteiger partial charge is 0.113 e. The van der Waals surface area contributed by atoms with Crippen LogP contribution in [0.3, 0.4) is 0 Å². The Balaban J connectivity index is 1.65. The third-order valence-corrected chi connectivity index (χ3v) is 5.03. The van der Waals surface area contributed by atoms with Crippen LogP contribution in [-0.4, -0.2) is 41.6 Å². The summed E-state index contributed by atoms with van der Waals surface area (Å²) in [4.78, 5) is 4.71. The van der Waals surface area contributed by atoms with E-state index in [1.54, 1.807) is 0 Å². The molecule has 2 aliphatic rings. The van der Waals surface area contributed by atoms with Crippen LogP contribution in [0.15, 0.2) is 36.5 Å². The molecule has 0 saturated carbocycles. The van der Waals surface area contributed by atoms with E-state index in [9.17, 15) is 4.39 Å². The molecule has 0 amide bonds. The summed E-state index contributed by atoms with van der Waals surface area (Å²) in [6.07, 6.45) is 3.33. The van der Waals surface area contributed by atoms with Gasteiger partial charge in [-0.2, -0.15) is 0 Å². The SMILES string of the molecule is C=C1C(N2CCC[C@@H](F)C2)CCCN1Cc1ccc(C)cc1. The maximum Gasteiger partial charge on any atom is 0.113 e. The zero-order valence-electron chi connectivity index (χ0n) is 13.6. The fourth-order valence-corrected chi connectivity index (χ4v) is 3.72. The Morgan fingerprint density at radius 1 is 1.14 bits per heavy atom. The van der Waals surface area contributed by atoms with E-state index in [4.69, 9.17) is 0 Å². The highest BCUT2D eigenvalue weighted by molar-refractivity contribution is 5.22. The highest BCUT2D eigenvalue weighted by atomic mass is 19.1. The summed E-state index contributed by atoms with van der Waals surface area (Å²) in [7, 11) is 0. The lowest BCUT2D eigenvalue weighted by atomic mass is 9.97. The number of rotatable bonds is 3. The molecule has 120 valence electrons. The van der Waals surface area contributed by atoms with Crippen LogP contribution >= 0.6 is 0 Å². The second-order valence-electron chi connectivity index (χ2n) is 6.79. The number of hydrogen-bond donors (Lipinski definition) is 0. The van der Waals surface area contributed by atoms with Crippen LogP contribution in [-0.2, 0) is 6.54 Å². The summed E-state index contributed by atoms with van der Waals surface area (Å²) in [6, 6.07) is 9.06. The van der Waals surface area contributed by atoms with Crippen LogP contribution in [0.4, 0.5) is 4.39 Å². The van der Waals surface area contributed by atoms with Crippen molar-refractivity contribution in [3.8, 4) is 0 Å². The first-order chi connectivity index (χ1) is 10.6. The largest absolute Gasteiger partial charge is 0.370 e.